The van der Waals surface area contributed by atoms with Crippen molar-refractivity contribution in [2.45, 2.75) is 13.3 Å². The third kappa shape index (κ3) is 1.56. The summed E-state index contributed by atoms with van der Waals surface area (Å²) in [7, 11) is 0. The third-order valence-corrected chi connectivity index (χ3v) is 2.61. The minimum absolute atomic E-state index is 0.197. The number of nitrogens with zero attached hydrogens (tertiary/aromatic N) is 3. The fourth-order valence-corrected chi connectivity index (χ4v) is 1.56. The maximum absolute atomic E-state index is 8.64. The second kappa shape index (κ2) is 3.67. The van der Waals surface area contributed by atoms with Gasteiger partial charge in [-0.3, -0.25) is 0 Å². The van der Waals surface area contributed by atoms with Gasteiger partial charge in [0.15, 0.2) is 0 Å². The highest BCUT2D eigenvalue weighted by atomic mass is 15.2. The van der Waals surface area contributed by atoms with Gasteiger partial charge in [-0.2, -0.15) is 5.26 Å². The summed E-state index contributed by atoms with van der Waals surface area (Å²) in [6.07, 6.45) is 2.93. The summed E-state index contributed by atoms with van der Waals surface area (Å²) < 4.78 is 0. The molecular weight excluding hydrogens is 174 g/mol. The van der Waals surface area contributed by atoms with Gasteiger partial charge in [-0.15, -0.1) is 0 Å². The van der Waals surface area contributed by atoms with Crippen LogP contribution in [0, 0.1) is 17.2 Å². The first-order chi connectivity index (χ1) is 6.83. The first kappa shape index (κ1) is 9.01. The van der Waals surface area contributed by atoms with Gasteiger partial charge in [-0.05, 0) is 18.1 Å². The largest absolute Gasteiger partial charge is 0.354 e. The zero-order valence-corrected chi connectivity index (χ0v) is 8.27. The lowest BCUT2D eigenvalue weighted by Crippen LogP contribution is -2.46. The third-order valence-electron chi connectivity index (χ3n) is 2.61. The predicted molar refractivity (Wildman–Crippen MR) is 54.9 cm³/mol. The Morgan fingerprint density at radius 3 is 2.86 bits per heavy atom. The van der Waals surface area contributed by atoms with E-state index >= 15 is 0 Å². The van der Waals surface area contributed by atoms with Gasteiger partial charge in [0.2, 0.25) is 0 Å². The molecule has 0 aromatic carbocycles. The SMILES string of the molecule is CCc1ccc(N2CC(C#N)C2)nc1. The molecule has 0 radical (unpaired) electrons. The molecule has 0 saturated carbocycles. The van der Waals surface area contributed by atoms with E-state index in [0.29, 0.717) is 0 Å². The van der Waals surface area contributed by atoms with Crippen LogP contribution in [0.3, 0.4) is 0 Å². The molecule has 0 amide bonds. The standard InChI is InChI=1S/C11H13N3/c1-2-9-3-4-11(13-6-9)14-7-10(5-12)8-14/h3-4,6,10H,2,7-8H2,1H3. The molecule has 14 heavy (non-hydrogen) atoms. The van der Waals surface area contributed by atoms with Crippen LogP contribution in [0.1, 0.15) is 12.5 Å². The summed E-state index contributed by atoms with van der Waals surface area (Å²) in [5, 5.41) is 8.64. The molecule has 1 aromatic heterocycles. The molecule has 3 nitrogen and oxygen atoms in total. The summed E-state index contributed by atoms with van der Waals surface area (Å²) in [5.41, 5.74) is 1.26. The Balaban J connectivity index is 2.02. The average molecular weight is 187 g/mol. The van der Waals surface area contributed by atoms with Crippen molar-refractivity contribution < 1.29 is 0 Å². The second-order valence-corrected chi connectivity index (χ2v) is 3.61. The Morgan fingerprint density at radius 2 is 2.36 bits per heavy atom. The van der Waals surface area contributed by atoms with Gasteiger partial charge in [0, 0.05) is 19.3 Å². The molecule has 1 fully saturated rings. The van der Waals surface area contributed by atoms with E-state index in [1.54, 1.807) is 0 Å². The molecule has 0 atom stereocenters. The first-order valence-electron chi connectivity index (χ1n) is 4.93. The molecule has 1 aliphatic heterocycles. The summed E-state index contributed by atoms with van der Waals surface area (Å²) in [5.74, 6) is 1.19. The van der Waals surface area contributed by atoms with Crippen LogP contribution in [-0.4, -0.2) is 18.1 Å². The molecule has 1 aliphatic rings. The minimum atomic E-state index is 0.197. The number of hydrogen-bond acceptors (Lipinski definition) is 3. The van der Waals surface area contributed by atoms with E-state index in [9.17, 15) is 0 Å². The van der Waals surface area contributed by atoms with Gasteiger partial charge in [0.05, 0.1) is 12.0 Å². The van der Waals surface area contributed by atoms with Gasteiger partial charge >= 0.3 is 0 Å². The highest BCUT2D eigenvalue weighted by Crippen LogP contribution is 2.21. The van der Waals surface area contributed by atoms with Crippen LogP contribution >= 0.6 is 0 Å². The minimum Gasteiger partial charge on any atom is -0.354 e. The zero-order valence-electron chi connectivity index (χ0n) is 8.27. The van der Waals surface area contributed by atoms with Crippen molar-refractivity contribution in [1.82, 2.24) is 4.98 Å². The number of rotatable bonds is 2. The molecule has 2 heterocycles. The number of aromatic nitrogens is 1. The molecule has 0 aliphatic carbocycles. The van der Waals surface area contributed by atoms with Gasteiger partial charge in [0.25, 0.3) is 0 Å². The van der Waals surface area contributed by atoms with Crippen molar-refractivity contribution in [2.24, 2.45) is 5.92 Å². The zero-order chi connectivity index (χ0) is 9.97. The monoisotopic (exact) mass is 187 g/mol. The molecule has 1 aromatic rings. The molecule has 0 N–H and O–H groups in total. The van der Waals surface area contributed by atoms with E-state index in [-0.39, 0.29) is 5.92 Å². The highest BCUT2D eigenvalue weighted by Gasteiger charge is 2.26. The summed E-state index contributed by atoms with van der Waals surface area (Å²) in [4.78, 5) is 6.49. The maximum Gasteiger partial charge on any atom is 0.128 e. The normalized spacial score (nSPS) is 16.1. The molecule has 0 bridgehead atoms. The quantitative estimate of drug-likeness (QED) is 0.706. The van der Waals surface area contributed by atoms with Crippen molar-refractivity contribution in [1.29, 1.82) is 5.26 Å². The van der Waals surface area contributed by atoms with Gasteiger partial charge in [0.1, 0.15) is 5.82 Å². The van der Waals surface area contributed by atoms with E-state index < -0.39 is 0 Å². The van der Waals surface area contributed by atoms with Crippen molar-refractivity contribution >= 4 is 5.82 Å². The van der Waals surface area contributed by atoms with E-state index in [1.807, 2.05) is 12.3 Å². The van der Waals surface area contributed by atoms with E-state index in [4.69, 9.17) is 5.26 Å². The van der Waals surface area contributed by atoms with E-state index in [1.165, 1.54) is 5.56 Å². The van der Waals surface area contributed by atoms with E-state index in [0.717, 1.165) is 25.3 Å². The number of aryl methyl sites for hydroxylation is 1. The number of hydrogen-bond donors (Lipinski definition) is 0. The maximum atomic E-state index is 8.64. The Labute approximate surface area is 84.0 Å². The molecule has 0 unspecified atom stereocenters. The molecule has 0 spiro atoms. The van der Waals surface area contributed by atoms with Crippen LogP contribution < -0.4 is 4.90 Å². The van der Waals surface area contributed by atoms with Gasteiger partial charge in [-0.1, -0.05) is 13.0 Å². The number of anilines is 1. The number of pyridine rings is 1. The number of nitriles is 1. The molecule has 3 heteroatoms. The van der Waals surface area contributed by atoms with Crippen molar-refractivity contribution in [3.8, 4) is 6.07 Å². The van der Waals surface area contributed by atoms with E-state index in [2.05, 4.69) is 28.9 Å². The Kier molecular flexibility index (Phi) is 2.36. The van der Waals surface area contributed by atoms with Crippen LogP contribution in [0.25, 0.3) is 0 Å². The fourth-order valence-electron chi connectivity index (χ4n) is 1.56. The van der Waals surface area contributed by atoms with Crippen LogP contribution in [0.2, 0.25) is 0 Å². The molecular formula is C11H13N3. The topological polar surface area (TPSA) is 39.9 Å². The Bertz CT molecular complexity index is 344. The smallest absolute Gasteiger partial charge is 0.128 e. The van der Waals surface area contributed by atoms with Gasteiger partial charge < -0.3 is 4.90 Å². The lowest BCUT2D eigenvalue weighted by Gasteiger charge is -2.36. The summed E-state index contributed by atoms with van der Waals surface area (Å²) in [6.45, 7) is 3.77. The van der Waals surface area contributed by atoms with Crippen LogP contribution in [0.4, 0.5) is 5.82 Å². The second-order valence-electron chi connectivity index (χ2n) is 3.61. The van der Waals surface area contributed by atoms with Crippen LogP contribution in [-0.2, 0) is 6.42 Å². The van der Waals surface area contributed by atoms with Crippen molar-refractivity contribution in [3.05, 3.63) is 23.9 Å². The van der Waals surface area contributed by atoms with Crippen LogP contribution in [0.15, 0.2) is 18.3 Å². The predicted octanol–water partition coefficient (Wildman–Crippen LogP) is 1.60. The fraction of sp³-hybridized carbons (Fsp3) is 0.455. The van der Waals surface area contributed by atoms with Crippen molar-refractivity contribution in [3.63, 3.8) is 0 Å². The van der Waals surface area contributed by atoms with Crippen LogP contribution in [0.5, 0.6) is 0 Å². The molecule has 2 rings (SSSR count). The first-order valence-corrected chi connectivity index (χ1v) is 4.93. The summed E-state index contributed by atoms with van der Waals surface area (Å²) >= 11 is 0. The Hall–Kier alpha value is -1.56. The van der Waals surface area contributed by atoms with Gasteiger partial charge in [-0.25, -0.2) is 4.98 Å². The molecule has 72 valence electrons. The summed E-state index contributed by atoms with van der Waals surface area (Å²) in [6, 6.07) is 6.39. The van der Waals surface area contributed by atoms with Crippen molar-refractivity contribution in [2.75, 3.05) is 18.0 Å². The lowest BCUT2D eigenvalue weighted by molar-refractivity contribution is 0.499. The highest BCUT2D eigenvalue weighted by molar-refractivity contribution is 5.43. The Morgan fingerprint density at radius 1 is 1.57 bits per heavy atom. The molecule has 1 saturated heterocycles. The average Bonchev–Trinajstić information content (AvgIpc) is 2.17. The lowest BCUT2D eigenvalue weighted by atomic mass is 10.0.